The normalized spacial score (nSPS) is 13.9. The number of nitrogens with one attached hydrogen (secondary N) is 1. The van der Waals surface area contributed by atoms with Crippen LogP contribution in [-0.2, 0) is 22.6 Å². The van der Waals surface area contributed by atoms with E-state index in [0.717, 1.165) is 29.8 Å². The SMILES string of the molecule is O=S(=O)(NCCc1ccc2c(c1)OCO2)c1ccc(C(F)(F)F)cc1. The van der Waals surface area contributed by atoms with Crippen LogP contribution in [0, 0.1) is 0 Å². The number of sulfonamides is 1. The first-order valence-corrected chi connectivity index (χ1v) is 8.79. The molecule has 0 fully saturated rings. The molecule has 5 nitrogen and oxygen atoms in total. The largest absolute Gasteiger partial charge is 0.454 e. The average molecular weight is 373 g/mol. The summed E-state index contributed by atoms with van der Waals surface area (Å²) in [7, 11) is -3.88. The summed E-state index contributed by atoms with van der Waals surface area (Å²) in [6.45, 7) is 0.252. The lowest BCUT2D eigenvalue weighted by atomic mass is 10.1. The summed E-state index contributed by atoms with van der Waals surface area (Å²) in [5.74, 6) is 1.23. The Balaban J connectivity index is 1.62. The highest BCUT2D eigenvalue weighted by Gasteiger charge is 2.30. The van der Waals surface area contributed by atoms with Crippen molar-refractivity contribution in [3.63, 3.8) is 0 Å². The van der Waals surface area contributed by atoms with Gasteiger partial charge in [-0.15, -0.1) is 0 Å². The van der Waals surface area contributed by atoms with Crippen molar-refractivity contribution in [2.24, 2.45) is 0 Å². The molecule has 9 heteroatoms. The Kier molecular flexibility index (Phi) is 4.61. The maximum absolute atomic E-state index is 12.5. The second-order valence-corrected chi connectivity index (χ2v) is 7.12. The van der Waals surface area contributed by atoms with Crippen molar-refractivity contribution in [3.05, 3.63) is 53.6 Å². The minimum absolute atomic E-state index is 0.100. The number of hydrogen-bond acceptors (Lipinski definition) is 4. The Morgan fingerprint density at radius 3 is 2.36 bits per heavy atom. The van der Waals surface area contributed by atoms with Crippen LogP contribution >= 0.6 is 0 Å². The van der Waals surface area contributed by atoms with Crippen LogP contribution in [0.4, 0.5) is 13.2 Å². The lowest BCUT2D eigenvalue weighted by Gasteiger charge is -2.09. The standard InChI is InChI=1S/C16H14F3NO4S/c17-16(18,19)12-2-4-13(5-3-12)25(21,22)20-8-7-11-1-6-14-15(9-11)24-10-23-14/h1-6,9,20H,7-8,10H2. The predicted octanol–water partition coefficient (Wildman–Crippen LogP) is 2.96. The van der Waals surface area contributed by atoms with E-state index in [1.54, 1.807) is 18.2 Å². The van der Waals surface area contributed by atoms with E-state index in [9.17, 15) is 21.6 Å². The van der Waals surface area contributed by atoms with Crippen LogP contribution in [0.5, 0.6) is 11.5 Å². The van der Waals surface area contributed by atoms with E-state index in [2.05, 4.69) is 4.72 Å². The van der Waals surface area contributed by atoms with E-state index in [-0.39, 0.29) is 18.2 Å². The number of rotatable bonds is 5. The highest BCUT2D eigenvalue weighted by atomic mass is 32.2. The zero-order valence-corrected chi connectivity index (χ0v) is 13.7. The van der Waals surface area contributed by atoms with Gasteiger partial charge in [0.25, 0.3) is 0 Å². The summed E-state index contributed by atoms with van der Waals surface area (Å²) >= 11 is 0. The highest BCUT2D eigenvalue weighted by molar-refractivity contribution is 7.89. The molecule has 3 rings (SSSR count). The maximum Gasteiger partial charge on any atom is 0.416 e. The fourth-order valence-electron chi connectivity index (χ4n) is 2.33. The molecule has 1 aliphatic heterocycles. The molecular weight excluding hydrogens is 359 g/mol. The maximum atomic E-state index is 12.5. The Bertz CT molecular complexity index is 864. The molecule has 1 heterocycles. The Morgan fingerprint density at radius 1 is 1.00 bits per heavy atom. The van der Waals surface area contributed by atoms with Crippen LogP contribution in [-0.4, -0.2) is 21.8 Å². The fraction of sp³-hybridized carbons (Fsp3) is 0.250. The molecule has 0 bridgehead atoms. The molecule has 2 aromatic carbocycles. The van der Waals surface area contributed by atoms with Gasteiger partial charge < -0.3 is 9.47 Å². The van der Waals surface area contributed by atoms with E-state index in [4.69, 9.17) is 9.47 Å². The molecule has 0 spiro atoms. The van der Waals surface area contributed by atoms with E-state index in [1.165, 1.54) is 0 Å². The number of alkyl halides is 3. The van der Waals surface area contributed by atoms with Crippen LogP contribution in [0.3, 0.4) is 0 Å². The summed E-state index contributed by atoms with van der Waals surface area (Å²) in [4.78, 5) is -0.216. The molecule has 0 amide bonds. The molecule has 0 atom stereocenters. The molecule has 0 saturated heterocycles. The van der Waals surface area contributed by atoms with Gasteiger partial charge in [0.05, 0.1) is 10.5 Å². The van der Waals surface area contributed by atoms with Crippen LogP contribution in [0.15, 0.2) is 47.4 Å². The third kappa shape index (κ3) is 4.05. The number of hydrogen-bond donors (Lipinski definition) is 1. The Morgan fingerprint density at radius 2 is 1.68 bits per heavy atom. The van der Waals surface area contributed by atoms with Crippen molar-refractivity contribution in [2.75, 3.05) is 13.3 Å². The van der Waals surface area contributed by atoms with Crippen molar-refractivity contribution in [2.45, 2.75) is 17.5 Å². The van der Waals surface area contributed by atoms with Gasteiger partial charge in [-0.1, -0.05) is 6.07 Å². The minimum Gasteiger partial charge on any atom is -0.454 e. The van der Waals surface area contributed by atoms with Gasteiger partial charge in [-0.2, -0.15) is 13.2 Å². The van der Waals surface area contributed by atoms with Crippen molar-refractivity contribution in [3.8, 4) is 11.5 Å². The monoisotopic (exact) mass is 373 g/mol. The van der Waals surface area contributed by atoms with Crippen molar-refractivity contribution >= 4 is 10.0 Å². The second-order valence-electron chi connectivity index (χ2n) is 5.36. The number of halogens is 3. The first-order valence-electron chi connectivity index (χ1n) is 7.31. The molecule has 0 unspecified atom stereocenters. The van der Waals surface area contributed by atoms with Gasteiger partial charge in [0.15, 0.2) is 11.5 Å². The van der Waals surface area contributed by atoms with Crippen molar-refractivity contribution in [1.29, 1.82) is 0 Å². The highest BCUT2D eigenvalue weighted by Crippen LogP contribution is 2.32. The molecule has 25 heavy (non-hydrogen) atoms. The first-order chi connectivity index (χ1) is 11.8. The molecule has 0 aromatic heterocycles. The van der Waals surface area contributed by atoms with Gasteiger partial charge in [0.1, 0.15) is 0 Å². The second kappa shape index (κ2) is 6.57. The predicted molar refractivity (Wildman–Crippen MR) is 82.9 cm³/mol. The molecule has 0 saturated carbocycles. The zero-order valence-electron chi connectivity index (χ0n) is 12.8. The summed E-state index contributed by atoms with van der Waals surface area (Å²) in [5.41, 5.74) is -0.0498. The summed E-state index contributed by atoms with van der Waals surface area (Å²) in [6, 6.07) is 8.65. The molecular formula is C16H14F3NO4S. The van der Waals surface area contributed by atoms with Crippen LogP contribution in [0.25, 0.3) is 0 Å². The first kappa shape index (κ1) is 17.6. The molecule has 134 valence electrons. The van der Waals surface area contributed by atoms with Crippen LogP contribution < -0.4 is 14.2 Å². The fourth-order valence-corrected chi connectivity index (χ4v) is 3.36. The average Bonchev–Trinajstić information content (AvgIpc) is 3.02. The third-order valence-corrected chi connectivity index (χ3v) is 5.11. The van der Waals surface area contributed by atoms with E-state index in [1.807, 2.05) is 0 Å². The Hall–Kier alpha value is -2.26. The van der Waals surface area contributed by atoms with E-state index in [0.29, 0.717) is 17.9 Å². The third-order valence-electron chi connectivity index (χ3n) is 3.63. The van der Waals surface area contributed by atoms with Gasteiger partial charge in [-0.3, -0.25) is 0 Å². The van der Waals surface area contributed by atoms with Gasteiger partial charge in [0.2, 0.25) is 16.8 Å². The van der Waals surface area contributed by atoms with E-state index >= 15 is 0 Å². The molecule has 0 radical (unpaired) electrons. The smallest absolute Gasteiger partial charge is 0.416 e. The number of fused-ring (bicyclic) bond motifs is 1. The lowest BCUT2D eigenvalue weighted by molar-refractivity contribution is -0.137. The quantitative estimate of drug-likeness (QED) is 0.875. The number of ether oxygens (including phenoxy) is 2. The molecule has 0 aliphatic carbocycles. The minimum atomic E-state index is -4.50. The summed E-state index contributed by atoms with van der Waals surface area (Å²) in [5, 5.41) is 0. The topological polar surface area (TPSA) is 64.6 Å². The molecule has 2 aromatic rings. The molecule has 1 N–H and O–H groups in total. The van der Waals surface area contributed by atoms with Crippen molar-refractivity contribution in [1.82, 2.24) is 4.72 Å². The van der Waals surface area contributed by atoms with Gasteiger partial charge in [-0.05, 0) is 48.4 Å². The van der Waals surface area contributed by atoms with Crippen LogP contribution in [0.2, 0.25) is 0 Å². The van der Waals surface area contributed by atoms with E-state index < -0.39 is 21.8 Å². The lowest BCUT2D eigenvalue weighted by Crippen LogP contribution is -2.26. The van der Waals surface area contributed by atoms with Crippen molar-refractivity contribution < 1.29 is 31.1 Å². The summed E-state index contributed by atoms with van der Waals surface area (Å²) in [6.07, 6.45) is -4.11. The zero-order chi connectivity index (χ0) is 18.1. The Labute approximate surface area is 142 Å². The van der Waals surface area contributed by atoms with Gasteiger partial charge in [0, 0.05) is 6.54 Å². The van der Waals surface area contributed by atoms with Gasteiger partial charge >= 0.3 is 6.18 Å². The van der Waals surface area contributed by atoms with Gasteiger partial charge in [-0.25, -0.2) is 13.1 Å². The summed E-state index contributed by atoms with van der Waals surface area (Å²) < 4.78 is 74.6. The molecule has 1 aliphatic rings. The number of benzene rings is 2. The van der Waals surface area contributed by atoms with Crippen LogP contribution in [0.1, 0.15) is 11.1 Å².